The number of sulfonamides is 1. The van der Waals surface area contributed by atoms with Crippen LogP contribution in [0, 0.1) is 0 Å². The Morgan fingerprint density at radius 1 is 1.47 bits per heavy atom. The molecule has 84 valence electrons. The van der Waals surface area contributed by atoms with E-state index in [0.29, 0.717) is 18.0 Å². The lowest BCUT2D eigenvalue weighted by molar-refractivity contribution is 0.398. The molecule has 0 aliphatic rings. The van der Waals surface area contributed by atoms with Gasteiger partial charge in [-0.1, -0.05) is 6.92 Å². The second kappa shape index (κ2) is 4.97. The van der Waals surface area contributed by atoms with Crippen molar-refractivity contribution in [3.8, 4) is 5.88 Å². The molecule has 5 nitrogen and oxygen atoms in total. The van der Waals surface area contributed by atoms with Crippen molar-refractivity contribution in [2.75, 3.05) is 17.6 Å². The van der Waals surface area contributed by atoms with Gasteiger partial charge in [-0.15, -0.1) is 0 Å². The maximum absolute atomic E-state index is 11.4. The molecular formula is C9H14N2O3S. The fourth-order valence-electron chi connectivity index (χ4n) is 1.06. The Hall–Kier alpha value is -1.30. The van der Waals surface area contributed by atoms with Gasteiger partial charge in [0, 0.05) is 6.07 Å². The summed E-state index contributed by atoms with van der Waals surface area (Å²) in [6.45, 7) is 1.81. The van der Waals surface area contributed by atoms with Crippen LogP contribution >= 0.6 is 0 Å². The minimum Gasteiger partial charge on any atom is -0.481 e. The van der Waals surface area contributed by atoms with Crippen LogP contribution in [0.2, 0.25) is 0 Å². The number of anilines is 1. The van der Waals surface area contributed by atoms with E-state index in [1.54, 1.807) is 12.1 Å². The average Bonchev–Trinajstić information content (AvgIpc) is 2.18. The summed E-state index contributed by atoms with van der Waals surface area (Å²) in [5.41, 5.74) is 0.448. The van der Waals surface area contributed by atoms with Crippen molar-refractivity contribution in [2.24, 2.45) is 0 Å². The van der Waals surface area contributed by atoms with E-state index in [9.17, 15) is 8.42 Å². The van der Waals surface area contributed by atoms with E-state index in [4.69, 9.17) is 4.74 Å². The van der Waals surface area contributed by atoms with Crippen LogP contribution in [0.1, 0.15) is 13.3 Å². The molecule has 15 heavy (non-hydrogen) atoms. The quantitative estimate of drug-likeness (QED) is 0.826. The second-order valence-electron chi connectivity index (χ2n) is 3.01. The van der Waals surface area contributed by atoms with E-state index >= 15 is 0 Å². The Kier molecular flexibility index (Phi) is 3.90. The van der Waals surface area contributed by atoms with Crippen molar-refractivity contribution in [1.82, 2.24) is 4.98 Å². The van der Waals surface area contributed by atoms with E-state index < -0.39 is 10.0 Å². The number of rotatable bonds is 5. The Morgan fingerprint density at radius 3 is 2.67 bits per heavy atom. The summed E-state index contributed by atoms with van der Waals surface area (Å²) in [6.07, 6.45) is 2.00. The molecule has 0 amide bonds. The van der Waals surface area contributed by atoms with Gasteiger partial charge in [-0.3, -0.25) is 4.72 Å². The van der Waals surface area contributed by atoms with Gasteiger partial charge >= 0.3 is 0 Å². The summed E-state index contributed by atoms with van der Waals surface area (Å²) in [4.78, 5) is 3.89. The molecular weight excluding hydrogens is 216 g/mol. The lowest BCUT2D eigenvalue weighted by Gasteiger charge is -2.06. The van der Waals surface area contributed by atoms with Crippen molar-refractivity contribution < 1.29 is 13.2 Å². The maximum atomic E-state index is 11.4. The molecule has 0 saturated carbocycles. The lowest BCUT2D eigenvalue weighted by atomic mass is 10.4. The average molecular weight is 230 g/mol. The fraction of sp³-hybridized carbons (Fsp3) is 0.444. The van der Waals surface area contributed by atoms with Gasteiger partial charge in [-0.25, -0.2) is 13.4 Å². The zero-order valence-electron chi connectivity index (χ0n) is 8.73. The number of methoxy groups -OCH3 is 1. The van der Waals surface area contributed by atoms with Gasteiger partial charge in [-0.2, -0.15) is 0 Å². The molecule has 1 heterocycles. The highest BCUT2D eigenvalue weighted by atomic mass is 32.2. The van der Waals surface area contributed by atoms with Crippen LogP contribution in [0.5, 0.6) is 5.88 Å². The zero-order chi connectivity index (χ0) is 11.3. The van der Waals surface area contributed by atoms with Gasteiger partial charge in [0.1, 0.15) is 0 Å². The smallest absolute Gasteiger partial charge is 0.232 e. The highest BCUT2D eigenvalue weighted by molar-refractivity contribution is 7.92. The van der Waals surface area contributed by atoms with Crippen molar-refractivity contribution in [2.45, 2.75) is 13.3 Å². The highest BCUT2D eigenvalue weighted by Gasteiger charge is 2.08. The topological polar surface area (TPSA) is 68.3 Å². The zero-order valence-corrected chi connectivity index (χ0v) is 9.54. The summed E-state index contributed by atoms with van der Waals surface area (Å²) in [5, 5.41) is 0. The summed E-state index contributed by atoms with van der Waals surface area (Å²) in [6, 6.07) is 3.21. The number of ether oxygens (including phenoxy) is 1. The van der Waals surface area contributed by atoms with Gasteiger partial charge in [0.05, 0.1) is 24.7 Å². The number of hydrogen-bond acceptors (Lipinski definition) is 4. The molecule has 1 N–H and O–H groups in total. The third-order valence-corrected chi connectivity index (χ3v) is 3.18. The molecule has 0 fully saturated rings. The molecule has 1 aromatic rings. The van der Waals surface area contributed by atoms with Gasteiger partial charge in [0.25, 0.3) is 0 Å². The summed E-state index contributed by atoms with van der Waals surface area (Å²) < 4.78 is 30.1. The van der Waals surface area contributed by atoms with Crippen molar-refractivity contribution in [3.63, 3.8) is 0 Å². The fourth-order valence-corrected chi connectivity index (χ4v) is 2.18. The van der Waals surface area contributed by atoms with Crippen LogP contribution in [0.15, 0.2) is 18.3 Å². The minimum absolute atomic E-state index is 0.110. The van der Waals surface area contributed by atoms with Crippen molar-refractivity contribution in [1.29, 1.82) is 0 Å². The molecule has 0 radical (unpaired) electrons. The Labute approximate surface area is 89.5 Å². The molecule has 1 aromatic heterocycles. The van der Waals surface area contributed by atoms with Crippen LogP contribution in [0.3, 0.4) is 0 Å². The number of hydrogen-bond donors (Lipinski definition) is 1. The monoisotopic (exact) mass is 230 g/mol. The molecule has 0 aliphatic heterocycles. The van der Waals surface area contributed by atoms with Gasteiger partial charge < -0.3 is 4.74 Å². The molecule has 0 unspecified atom stereocenters. The van der Waals surface area contributed by atoms with E-state index in [-0.39, 0.29) is 5.75 Å². The number of aromatic nitrogens is 1. The first kappa shape index (κ1) is 11.8. The predicted octanol–water partition coefficient (Wildman–Crippen LogP) is 1.24. The lowest BCUT2D eigenvalue weighted by Crippen LogP contribution is -2.16. The number of nitrogens with one attached hydrogen (secondary N) is 1. The largest absolute Gasteiger partial charge is 0.481 e. The highest BCUT2D eigenvalue weighted by Crippen LogP contribution is 2.12. The normalized spacial score (nSPS) is 11.1. The van der Waals surface area contributed by atoms with Gasteiger partial charge in [0.15, 0.2) is 0 Å². The van der Waals surface area contributed by atoms with Gasteiger partial charge in [-0.05, 0) is 12.5 Å². The van der Waals surface area contributed by atoms with Crippen molar-refractivity contribution >= 4 is 15.7 Å². The summed E-state index contributed by atoms with van der Waals surface area (Å²) in [7, 11) is -1.73. The van der Waals surface area contributed by atoms with E-state index in [1.807, 2.05) is 6.92 Å². The second-order valence-corrected chi connectivity index (χ2v) is 4.85. The van der Waals surface area contributed by atoms with Crippen LogP contribution in [-0.4, -0.2) is 26.3 Å². The van der Waals surface area contributed by atoms with Gasteiger partial charge in [0.2, 0.25) is 15.9 Å². The van der Waals surface area contributed by atoms with E-state index in [1.165, 1.54) is 13.3 Å². The first-order valence-electron chi connectivity index (χ1n) is 4.58. The Balaban J connectivity index is 2.73. The molecule has 0 spiro atoms. The minimum atomic E-state index is -3.24. The standard InChI is InChI=1S/C9H14N2O3S/c1-3-6-15(12,13)11-8-4-5-9(14-2)10-7-8/h4-5,7,11H,3,6H2,1-2H3. The molecule has 0 aromatic carbocycles. The van der Waals surface area contributed by atoms with Crippen LogP contribution in [0.25, 0.3) is 0 Å². The van der Waals surface area contributed by atoms with Crippen LogP contribution < -0.4 is 9.46 Å². The maximum Gasteiger partial charge on any atom is 0.232 e. The molecule has 6 heteroatoms. The number of pyridine rings is 1. The molecule has 0 aliphatic carbocycles. The third-order valence-electron chi connectivity index (χ3n) is 1.69. The van der Waals surface area contributed by atoms with Crippen LogP contribution in [-0.2, 0) is 10.0 Å². The van der Waals surface area contributed by atoms with Crippen LogP contribution in [0.4, 0.5) is 5.69 Å². The first-order chi connectivity index (χ1) is 7.07. The first-order valence-corrected chi connectivity index (χ1v) is 6.23. The number of nitrogens with zero attached hydrogens (tertiary/aromatic N) is 1. The van der Waals surface area contributed by atoms with Crippen molar-refractivity contribution in [3.05, 3.63) is 18.3 Å². The summed E-state index contributed by atoms with van der Waals surface area (Å²) in [5.74, 6) is 0.562. The molecule has 0 saturated heterocycles. The Morgan fingerprint density at radius 2 is 2.20 bits per heavy atom. The van der Waals surface area contributed by atoms with E-state index in [2.05, 4.69) is 9.71 Å². The predicted molar refractivity (Wildman–Crippen MR) is 58.5 cm³/mol. The van der Waals surface area contributed by atoms with E-state index in [0.717, 1.165) is 0 Å². The molecule has 1 rings (SSSR count). The molecule has 0 bridgehead atoms. The SMILES string of the molecule is CCCS(=O)(=O)Nc1ccc(OC)nc1. The Bertz CT molecular complexity index is 400. The molecule has 0 atom stereocenters. The third kappa shape index (κ3) is 3.75. The summed E-state index contributed by atoms with van der Waals surface area (Å²) >= 11 is 0.